The Morgan fingerprint density at radius 3 is 2.77 bits per heavy atom. The number of hydrogen-bond acceptors (Lipinski definition) is 4. The Labute approximate surface area is 155 Å². The summed E-state index contributed by atoms with van der Waals surface area (Å²) in [6, 6.07) is 13.7. The molecule has 0 fully saturated rings. The van der Waals surface area contributed by atoms with Gasteiger partial charge in [0.05, 0.1) is 23.0 Å². The van der Waals surface area contributed by atoms with Crippen LogP contribution in [0.4, 0.5) is 0 Å². The first kappa shape index (κ1) is 16.6. The summed E-state index contributed by atoms with van der Waals surface area (Å²) in [6.07, 6.45) is 2.96. The molecular weight excluding hydrogens is 346 g/mol. The third kappa shape index (κ3) is 2.93. The number of carbonyl (C=O) groups is 1. The van der Waals surface area contributed by atoms with Gasteiger partial charge >= 0.3 is 0 Å². The lowest BCUT2D eigenvalue weighted by Gasteiger charge is -2.03. The molecule has 0 aliphatic heterocycles. The van der Waals surface area contributed by atoms with Crippen molar-refractivity contribution in [2.24, 2.45) is 0 Å². The molecule has 0 aliphatic carbocycles. The summed E-state index contributed by atoms with van der Waals surface area (Å²) in [5.74, 6) is 0.799. The minimum absolute atomic E-state index is 0.0290. The van der Waals surface area contributed by atoms with Crippen molar-refractivity contribution in [1.29, 1.82) is 0 Å². The Balaban J connectivity index is 1.69. The summed E-state index contributed by atoms with van der Waals surface area (Å²) >= 11 is 1.59. The van der Waals surface area contributed by atoms with Gasteiger partial charge in [-0.05, 0) is 48.9 Å². The van der Waals surface area contributed by atoms with Gasteiger partial charge in [-0.15, -0.1) is 0 Å². The number of methoxy groups -OCH3 is 1. The summed E-state index contributed by atoms with van der Waals surface area (Å²) < 4.78 is 8.34. The van der Waals surface area contributed by atoms with E-state index in [0.717, 1.165) is 38.6 Å². The molecule has 2 heterocycles. The molecule has 26 heavy (non-hydrogen) atoms. The predicted octanol–water partition coefficient (Wildman–Crippen LogP) is 4.36. The van der Waals surface area contributed by atoms with Crippen LogP contribution in [0.2, 0.25) is 0 Å². The highest BCUT2D eigenvalue weighted by Gasteiger charge is 2.13. The molecule has 0 aliphatic rings. The van der Waals surface area contributed by atoms with Crippen molar-refractivity contribution < 1.29 is 9.53 Å². The topological polar surface area (TPSA) is 55.6 Å². The largest absolute Gasteiger partial charge is 0.497 e. The van der Waals surface area contributed by atoms with Gasteiger partial charge in [0.1, 0.15) is 5.75 Å². The molecule has 2 aromatic carbocycles. The number of hydrogen-bond donors (Lipinski definition) is 1. The van der Waals surface area contributed by atoms with Crippen molar-refractivity contribution in [3.8, 4) is 17.0 Å². The number of thiazole rings is 1. The van der Waals surface area contributed by atoms with Crippen LogP contribution in [0.25, 0.3) is 26.4 Å². The predicted molar refractivity (Wildman–Crippen MR) is 105 cm³/mol. The van der Waals surface area contributed by atoms with Crippen LogP contribution in [-0.4, -0.2) is 28.9 Å². The highest BCUT2D eigenvalue weighted by molar-refractivity contribution is 7.23. The van der Waals surface area contributed by atoms with E-state index in [4.69, 9.17) is 9.72 Å². The second kappa shape index (κ2) is 6.80. The van der Waals surface area contributed by atoms with Crippen molar-refractivity contribution in [2.45, 2.75) is 13.3 Å². The lowest BCUT2D eigenvalue weighted by molar-refractivity contribution is 0.0954. The van der Waals surface area contributed by atoms with Gasteiger partial charge < -0.3 is 10.1 Å². The second-order valence-corrected chi connectivity index (χ2v) is 7.06. The van der Waals surface area contributed by atoms with Crippen LogP contribution >= 0.6 is 11.3 Å². The molecule has 0 bridgehead atoms. The normalized spacial score (nSPS) is 11.2. The molecule has 1 amide bonds. The van der Waals surface area contributed by atoms with Crippen molar-refractivity contribution in [2.75, 3.05) is 13.7 Å². The number of fused-ring (bicyclic) bond motifs is 3. The Morgan fingerprint density at radius 1 is 1.23 bits per heavy atom. The zero-order chi connectivity index (χ0) is 18.1. The maximum Gasteiger partial charge on any atom is 0.251 e. The molecule has 0 unspecified atom stereocenters. The van der Waals surface area contributed by atoms with Gasteiger partial charge in [-0.25, -0.2) is 4.98 Å². The van der Waals surface area contributed by atoms with E-state index >= 15 is 0 Å². The van der Waals surface area contributed by atoms with Gasteiger partial charge in [-0.2, -0.15) is 0 Å². The number of amides is 1. The van der Waals surface area contributed by atoms with Gasteiger partial charge in [0, 0.05) is 23.9 Å². The number of rotatable bonds is 5. The monoisotopic (exact) mass is 365 g/mol. The van der Waals surface area contributed by atoms with E-state index in [1.54, 1.807) is 18.4 Å². The molecule has 0 radical (unpaired) electrons. The van der Waals surface area contributed by atoms with Crippen LogP contribution in [0.5, 0.6) is 5.75 Å². The van der Waals surface area contributed by atoms with Crippen LogP contribution in [-0.2, 0) is 0 Å². The maximum atomic E-state index is 12.2. The fraction of sp³-hybridized carbons (Fsp3) is 0.200. The first-order valence-electron chi connectivity index (χ1n) is 8.54. The van der Waals surface area contributed by atoms with Gasteiger partial charge in [0.25, 0.3) is 5.91 Å². The minimum atomic E-state index is -0.0290. The van der Waals surface area contributed by atoms with E-state index in [0.29, 0.717) is 12.1 Å². The van der Waals surface area contributed by atoms with E-state index in [9.17, 15) is 4.79 Å². The molecule has 132 valence electrons. The Bertz CT molecular complexity index is 1080. The highest BCUT2D eigenvalue weighted by atomic mass is 32.1. The number of aromatic nitrogens is 2. The second-order valence-electron chi connectivity index (χ2n) is 6.05. The van der Waals surface area contributed by atoms with E-state index in [-0.39, 0.29) is 5.91 Å². The lowest BCUT2D eigenvalue weighted by Crippen LogP contribution is -2.23. The molecule has 4 rings (SSSR count). The van der Waals surface area contributed by atoms with Crippen LogP contribution in [0.15, 0.2) is 48.7 Å². The van der Waals surface area contributed by atoms with Gasteiger partial charge in [-0.3, -0.25) is 9.20 Å². The third-order valence-corrected chi connectivity index (χ3v) is 5.30. The number of carbonyl (C=O) groups excluding carboxylic acids is 1. The maximum absolute atomic E-state index is 12.2. The first-order chi connectivity index (χ1) is 12.7. The molecule has 0 spiro atoms. The van der Waals surface area contributed by atoms with Crippen molar-refractivity contribution >= 4 is 32.4 Å². The molecule has 4 aromatic rings. The summed E-state index contributed by atoms with van der Waals surface area (Å²) in [5.41, 5.74) is 3.71. The highest BCUT2D eigenvalue weighted by Crippen LogP contribution is 2.30. The molecule has 5 nitrogen and oxygen atoms in total. The molecule has 6 heteroatoms. The zero-order valence-corrected chi connectivity index (χ0v) is 15.5. The number of nitrogens with one attached hydrogen (secondary N) is 1. The zero-order valence-electron chi connectivity index (χ0n) is 14.7. The Kier molecular flexibility index (Phi) is 4.34. The standard InChI is InChI=1S/C20H19N3O2S/c1-3-10-21-19(24)14-6-9-17-18(11-14)26-20-22-16(12-23(17)20)13-4-7-15(25-2)8-5-13/h4-9,11-12H,3,10H2,1-2H3,(H,21,24). The quantitative estimate of drug-likeness (QED) is 0.571. The van der Waals surface area contributed by atoms with Gasteiger partial charge in [0.15, 0.2) is 4.96 Å². The summed E-state index contributed by atoms with van der Waals surface area (Å²) in [5, 5.41) is 2.91. The summed E-state index contributed by atoms with van der Waals surface area (Å²) in [6.45, 7) is 2.73. The van der Waals surface area contributed by atoms with Crippen molar-refractivity contribution in [3.05, 3.63) is 54.2 Å². The molecule has 0 saturated carbocycles. The Morgan fingerprint density at radius 2 is 2.04 bits per heavy atom. The average molecular weight is 365 g/mol. The van der Waals surface area contributed by atoms with Crippen LogP contribution < -0.4 is 10.1 Å². The van der Waals surface area contributed by atoms with Crippen LogP contribution in [0, 0.1) is 0 Å². The number of imidazole rings is 1. The SMILES string of the molecule is CCCNC(=O)c1ccc2c(c1)sc1nc(-c3ccc(OC)cc3)cn12. The van der Waals surface area contributed by atoms with Crippen molar-refractivity contribution in [3.63, 3.8) is 0 Å². The summed E-state index contributed by atoms with van der Waals surface area (Å²) in [7, 11) is 1.66. The van der Waals surface area contributed by atoms with E-state index < -0.39 is 0 Å². The van der Waals surface area contributed by atoms with E-state index in [2.05, 4.69) is 9.72 Å². The fourth-order valence-corrected chi connectivity index (χ4v) is 3.93. The molecule has 1 N–H and O–H groups in total. The third-order valence-electron chi connectivity index (χ3n) is 4.28. The minimum Gasteiger partial charge on any atom is -0.497 e. The van der Waals surface area contributed by atoms with Crippen LogP contribution in [0.3, 0.4) is 0 Å². The fourth-order valence-electron chi connectivity index (χ4n) is 2.88. The van der Waals surface area contributed by atoms with Gasteiger partial charge in [-0.1, -0.05) is 18.3 Å². The average Bonchev–Trinajstić information content (AvgIpc) is 3.23. The first-order valence-corrected chi connectivity index (χ1v) is 9.35. The molecular formula is C20H19N3O2S. The lowest BCUT2D eigenvalue weighted by atomic mass is 10.1. The molecule has 0 atom stereocenters. The smallest absolute Gasteiger partial charge is 0.251 e. The van der Waals surface area contributed by atoms with E-state index in [1.165, 1.54) is 0 Å². The number of nitrogens with zero attached hydrogens (tertiary/aromatic N) is 2. The van der Waals surface area contributed by atoms with Gasteiger partial charge in [0.2, 0.25) is 0 Å². The van der Waals surface area contributed by atoms with Crippen LogP contribution in [0.1, 0.15) is 23.7 Å². The number of benzene rings is 2. The number of ether oxygens (including phenoxy) is 1. The van der Waals surface area contributed by atoms with E-state index in [1.807, 2.05) is 55.6 Å². The Hall–Kier alpha value is -2.86. The molecule has 2 aromatic heterocycles. The molecule has 0 saturated heterocycles. The van der Waals surface area contributed by atoms with Crippen molar-refractivity contribution in [1.82, 2.24) is 14.7 Å². The summed E-state index contributed by atoms with van der Waals surface area (Å²) in [4.78, 5) is 17.8.